The number of nitrogens with zero attached hydrogens (tertiary/aromatic N) is 2. The summed E-state index contributed by atoms with van der Waals surface area (Å²) in [7, 11) is 2.11. The molecule has 1 aromatic rings. The number of pyridine rings is 1. The summed E-state index contributed by atoms with van der Waals surface area (Å²) < 4.78 is 0. The Morgan fingerprint density at radius 2 is 2.40 bits per heavy atom. The largest absolute Gasteiger partial charge is 0.364 e. The third-order valence-corrected chi connectivity index (χ3v) is 2.94. The van der Waals surface area contributed by atoms with Gasteiger partial charge >= 0.3 is 0 Å². The van der Waals surface area contributed by atoms with Gasteiger partial charge < -0.3 is 5.73 Å². The van der Waals surface area contributed by atoms with Crippen LogP contribution in [0.5, 0.6) is 0 Å². The van der Waals surface area contributed by atoms with Crippen LogP contribution >= 0.6 is 0 Å². The Morgan fingerprint density at radius 1 is 1.60 bits per heavy atom. The van der Waals surface area contributed by atoms with Crippen molar-refractivity contribution in [1.29, 1.82) is 0 Å². The lowest BCUT2D eigenvalue weighted by molar-refractivity contribution is 0.0995. The molecule has 1 unspecified atom stereocenters. The first kappa shape index (κ1) is 10.1. The van der Waals surface area contributed by atoms with Crippen LogP contribution in [0, 0.1) is 0 Å². The molecule has 1 atom stereocenters. The Morgan fingerprint density at radius 3 is 2.87 bits per heavy atom. The number of nitrogens with two attached hydrogens (primary N) is 1. The molecule has 0 bridgehead atoms. The average molecular weight is 205 g/mol. The number of primary amides is 1. The molecule has 0 aliphatic carbocycles. The molecular weight excluding hydrogens is 190 g/mol. The fourth-order valence-electron chi connectivity index (χ4n) is 2.08. The zero-order valence-corrected chi connectivity index (χ0v) is 8.81. The Bertz CT molecular complexity index is 361. The van der Waals surface area contributed by atoms with Gasteiger partial charge in [-0.25, -0.2) is 0 Å². The molecule has 2 rings (SSSR count). The van der Waals surface area contributed by atoms with E-state index in [1.807, 2.05) is 6.07 Å². The minimum Gasteiger partial charge on any atom is -0.364 e. The molecule has 4 heteroatoms. The van der Waals surface area contributed by atoms with Gasteiger partial charge in [0.25, 0.3) is 5.91 Å². The molecule has 1 aliphatic heterocycles. The van der Waals surface area contributed by atoms with Crippen LogP contribution < -0.4 is 5.73 Å². The van der Waals surface area contributed by atoms with E-state index < -0.39 is 5.91 Å². The van der Waals surface area contributed by atoms with Gasteiger partial charge in [0.15, 0.2) is 0 Å². The summed E-state index contributed by atoms with van der Waals surface area (Å²) >= 11 is 0. The zero-order valence-electron chi connectivity index (χ0n) is 8.81. The molecule has 0 spiro atoms. The van der Waals surface area contributed by atoms with E-state index in [0.717, 1.165) is 13.0 Å². The molecule has 1 saturated heterocycles. The van der Waals surface area contributed by atoms with Crippen molar-refractivity contribution in [3.63, 3.8) is 0 Å². The second kappa shape index (κ2) is 3.98. The number of carbonyl (C=O) groups is 1. The molecule has 0 saturated carbocycles. The average Bonchev–Trinajstić information content (AvgIpc) is 2.65. The SMILES string of the molecule is CN1CCCC1c1ccc(C(N)=O)nc1. The summed E-state index contributed by atoms with van der Waals surface area (Å²) in [4.78, 5) is 17.2. The number of amides is 1. The predicted molar refractivity (Wildman–Crippen MR) is 57.4 cm³/mol. The first-order valence-electron chi connectivity index (χ1n) is 5.14. The van der Waals surface area contributed by atoms with Crippen molar-refractivity contribution >= 4 is 5.91 Å². The van der Waals surface area contributed by atoms with E-state index in [-0.39, 0.29) is 0 Å². The van der Waals surface area contributed by atoms with Gasteiger partial charge in [0, 0.05) is 12.2 Å². The standard InChI is InChI=1S/C11H15N3O/c1-14-6-2-3-10(14)8-4-5-9(11(12)15)13-7-8/h4-5,7,10H,2-3,6H2,1H3,(H2,12,15). The van der Waals surface area contributed by atoms with Crippen LogP contribution in [0.3, 0.4) is 0 Å². The number of likely N-dealkylation sites (tertiary alicyclic amines) is 1. The van der Waals surface area contributed by atoms with Crippen LogP contribution in [0.1, 0.15) is 34.9 Å². The smallest absolute Gasteiger partial charge is 0.267 e. The summed E-state index contributed by atoms with van der Waals surface area (Å²) in [6.07, 6.45) is 4.14. The highest BCUT2D eigenvalue weighted by Gasteiger charge is 2.22. The van der Waals surface area contributed by atoms with Gasteiger partial charge in [-0.15, -0.1) is 0 Å². The minimum absolute atomic E-state index is 0.333. The number of carbonyl (C=O) groups excluding carboxylic acids is 1. The van der Waals surface area contributed by atoms with E-state index in [0.29, 0.717) is 11.7 Å². The van der Waals surface area contributed by atoms with E-state index in [4.69, 9.17) is 5.73 Å². The molecular formula is C11H15N3O. The first-order valence-corrected chi connectivity index (χ1v) is 5.14. The summed E-state index contributed by atoms with van der Waals surface area (Å²) in [6, 6.07) is 4.09. The fraction of sp³-hybridized carbons (Fsp3) is 0.455. The lowest BCUT2D eigenvalue weighted by Gasteiger charge is -2.19. The van der Waals surface area contributed by atoms with E-state index in [1.165, 1.54) is 12.0 Å². The number of hydrogen-bond acceptors (Lipinski definition) is 3. The molecule has 2 N–H and O–H groups in total. The van der Waals surface area contributed by atoms with Crippen LogP contribution in [0.15, 0.2) is 18.3 Å². The summed E-state index contributed by atoms with van der Waals surface area (Å²) in [5, 5.41) is 0. The maximum absolute atomic E-state index is 10.8. The van der Waals surface area contributed by atoms with Gasteiger partial charge in [0.05, 0.1) is 0 Å². The van der Waals surface area contributed by atoms with Crippen LogP contribution in [-0.2, 0) is 0 Å². The lowest BCUT2D eigenvalue weighted by Crippen LogP contribution is -2.18. The van der Waals surface area contributed by atoms with Crippen LogP contribution in [0.4, 0.5) is 0 Å². The van der Waals surface area contributed by atoms with Crippen molar-refractivity contribution in [3.05, 3.63) is 29.6 Å². The molecule has 80 valence electrons. The number of hydrogen-bond donors (Lipinski definition) is 1. The molecule has 4 nitrogen and oxygen atoms in total. The van der Waals surface area contributed by atoms with Gasteiger partial charge in [-0.05, 0) is 38.1 Å². The van der Waals surface area contributed by atoms with Gasteiger partial charge in [0.1, 0.15) is 5.69 Å². The number of rotatable bonds is 2. The van der Waals surface area contributed by atoms with E-state index >= 15 is 0 Å². The van der Waals surface area contributed by atoms with Crippen LogP contribution in [0.2, 0.25) is 0 Å². The predicted octanol–water partition coefficient (Wildman–Crippen LogP) is 0.947. The molecule has 2 heterocycles. The van der Waals surface area contributed by atoms with Crippen molar-refractivity contribution < 1.29 is 4.79 Å². The molecule has 0 radical (unpaired) electrons. The zero-order chi connectivity index (χ0) is 10.8. The maximum Gasteiger partial charge on any atom is 0.267 e. The Labute approximate surface area is 89.1 Å². The highest BCUT2D eigenvalue weighted by atomic mass is 16.1. The van der Waals surface area contributed by atoms with Crippen molar-refractivity contribution in [1.82, 2.24) is 9.88 Å². The first-order chi connectivity index (χ1) is 7.18. The summed E-state index contributed by atoms with van der Waals surface area (Å²) in [5.41, 5.74) is 6.63. The fourth-order valence-corrected chi connectivity index (χ4v) is 2.08. The monoisotopic (exact) mass is 205 g/mol. The maximum atomic E-state index is 10.8. The van der Waals surface area contributed by atoms with Crippen molar-refractivity contribution in [3.8, 4) is 0 Å². The number of aromatic nitrogens is 1. The van der Waals surface area contributed by atoms with Crippen LogP contribution in [-0.4, -0.2) is 29.4 Å². The van der Waals surface area contributed by atoms with E-state index in [2.05, 4.69) is 16.9 Å². The van der Waals surface area contributed by atoms with E-state index in [9.17, 15) is 4.79 Å². The Hall–Kier alpha value is -1.42. The minimum atomic E-state index is -0.471. The van der Waals surface area contributed by atoms with E-state index in [1.54, 1.807) is 12.3 Å². The third kappa shape index (κ3) is 1.99. The quantitative estimate of drug-likeness (QED) is 0.782. The van der Waals surface area contributed by atoms with Crippen LogP contribution in [0.25, 0.3) is 0 Å². The Kier molecular flexibility index (Phi) is 2.68. The molecule has 1 aliphatic rings. The summed E-state index contributed by atoms with van der Waals surface area (Å²) in [5.74, 6) is -0.471. The second-order valence-electron chi connectivity index (χ2n) is 3.98. The Balaban J connectivity index is 2.19. The summed E-state index contributed by atoms with van der Waals surface area (Å²) in [6.45, 7) is 1.13. The van der Waals surface area contributed by atoms with Crippen molar-refractivity contribution in [2.75, 3.05) is 13.6 Å². The van der Waals surface area contributed by atoms with Crippen molar-refractivity contribution in [2.24, 2.45) is 5.73 Å². The van der Waals surface area contributed by atoms with Gasteiger partial charge in [-0.2, -0.15) is 0 Å². The van der Waals surface area contributed by atoms with Crippen molar-refractivity contribution in [2.45, 2.75) is 18.9 Å². The van der Waals surface area contributed by atoms with Gasteiger partial charge in [0.2, 0.25) is 0 Å². The second-order valence-corrected chi connectivity index (χ2v) is 3.98. The molecule has 15 heavy (non-hydrogen) atoms. The highest BCUT2D eigenvalue weighted by Crippen LogP contribution is 2.29. The molecule has 1 amide bonds. The van der Waals surface area contributed by atoms with Gasteiger partial charge in [-0.3, -0.25) is 14.7 Å². The molecule has 1 aromatic heterocycles. The lowest BCUT2D eigenvalue weighted by atomic mass is 10.1. The molecule has 0 aromatic carbocycles. The van der Waals surface area contributed by atoms with Gasteiger partial charge in [-0.1, -0.05) is 6.07 Å². The topological polar surface area (TPSA) is 59.2 Å². The molecule has 1 fully saturated rings. The highest BCUT2D eigenvalue weighted by molar-refractivity contribution is 5.90. The normalized spacial score (nSPS) is 21.8. The third-order valence-electron chi connectivity index (χ3n) is 2.94.